The summed E-state index contributed by atoms with van der Waals surface area (Å²) >= 11 is 0. The van der Waals surface area contributed by atoms with Crippen LogP contribution in [0.4, 0.5) is 0 Å². The Bertz CT molecular complexity index is 441. The van der Waals surface area contributed by atoms with Crippen molar-refractivity contribution in [2.45, 2.75) is 51.6 Å². The van der Waals surface area contributed by atoms with E-state index in [0.29, 0.717) is 5.78 Å². The van der Waals surface area contributed by atoms with E-state index in [1.165, 1.54) is 24.8 Å². The number of carbonyl (C=O) groups excluding carboxylic acids is 1. The fourth-order valence-electron chi connectivity index (χ4n) is 3.52. The molecule has 1 fully saturated rings. The lowest BCUT2D eigenvalue weighted by Gasteiger charge is -2.28. The fraction of sp³-hybridized carbons (Fsp3) is 0.588. The Hall–Kier alpha value is -1.31. The molecule has 102 valence electrons. The third-order valence-corrected chi connectivity index (χ3v) is 4.73. The van der Waals surface area contributed by atoms with Crippen LogP contribution in [0.1, 0.15) is 44.6 Å². The van der Waals surface area contributed by atoms with E-state index in [2.05, 4.69) is 13.0 Å². The maximum Gasteiger partial charge on any atom is 0.176 e. The van der Waals surface area contributed by atoms with E-state index in [0.717, 1.165) is 30.9 Å². The number of fused-ring (bicyclic) bond motifs is 1. The van der Waals surface area contributed by atoms with Crippen molar-refractivity contribution < 1.29 is 9.53 Å². The van der Waals surface area contributed by atoms with Gasteiger partial charge in [-0.2, -0.15) is 0 Å². The van der Waals surface area contributed by atoms with Gasteiger partial charge in [0.25, 0.3) is 0 Å². The van der Waals surface area contributed by atoms with E-state index in [-0.39, 0.29) is 12.0 Å². The number of Topliss-reactive ketones (excluding diaryl/α,β-unsaturated/α-hetero) is 1. The highest BCUT2D eigenvalue weighted by Crippen LogP contribution is 2.35. The number of para-hydroxylation sites is 1. The summed E-state index contributed by atoms with van der Waals surface area (Å²) in [6.07, 6.45) is 6.38. The number of ketones is 1. The van der Waals surface area contributed by atoms with Crippen LogP contribution in [-0.4, -0.2) is 11.9 Å². The maximum absolute atomic E-state index is 12.6. The molecule has 1 aromatic rings. The summed E-state index contributed by atoms with van der Waals surface area (Å²) < 4.78 is 5.84. The summed E-state index contributed by atoms with van der Waals surface area (Å²) in [5.41, 5.74) is 1.18. The molecule has 0 bridgehead atoms. The van der Waals surface area contributed by atoms with Crippen molar-refractivity contribution in [3.8, 4) is 5.75 Å². The van der Waals surface area contributed by atoms with Gasteiger partial charge >= 0.3 is 0 Å². The minimum absolute atomic E-state index is 0.224. The number of hydrogen-bond acceptors (Lipinski definition) is 2. The molecule has 3 atom stereocenters. The first-order valence-electron chi connectivity index (χ1n) is 7.56. The van der Waals surface area contributed by atoms with Crippen LogP contribution in [0, 0.1) is 11.8 Å². The Morgan fingerprint density at radius 3 is 2.95 bits per heavy atom. The maximum atomic E-state index is 12.6. The molecule has 0 saturated heterocycles. The highest BCUT2D eigenvalue weighted by Gasteiger charge is 2.35. The van der Waals surface area contributed by atoms with Crippen molar-refractivity contribution in [3.63, 3.8) is 0 Å². The molecule has 2 heteroatoms. The standard InChI is InChI=1S/C17H22O2/c1-2-12-6-5-8-14(10-12)17(18)16-11-13-7-3-4-9-15(13)19-16/h3-4,7,9,12,14,16H,2,5-6,8,10-11H2,1H3. The van der Waals surface area contributed by atoms with Crippen LogP contribution in [0.25, 0.3) is 0 Å². The normalized spacial score (nSPS) is 29.6. The summed E-state index contributed by atoms with van der Waals surface area (Å²) in [4.78, 5) is 12.6. The van der Waals surface area contributed by atoms with Gasteiger partial charge in [0.2, 0.25) is 0 Å². The number of ether oxygens (including phenoxy) is 1. The number of benzene rings is 1. The Labute approximate surface area is 115 Å². The van der Waals surface area contributed by atoms with E-state index in [4.69, 9.17) is 4.74 Å². The first kappa shape index (κ1) is 12.7. The van der Waals surface area contributed by atoms with E-state index in [9.17, 15) is 4.79 Å². The van der Waals surface area contributed by atoms with Crippen LogP contribution in [0.15, 0.2) is 24.3 Å². The first-order valence-corrected chi connectivity index (χ1v) is 7.56. The quantitative estimate of drug-likeness (QED) is 0.824. The van der Waals surface area contributed by atoms with E-state index >= 15 is 0 Å². The molecular formula is C17H22O2. The molecule has 2 aliphatic rings. The van der Waals surface area contributed by atoms with Gasteiger partial charge in [-0.25, -0.2) is 0 Å². The summed E-state index contributed by atoms with van der Waals surface area (Å²) in [7, 11) is 0. The third kappa shape index (κ3) is 2.54. The average molecular weight is 258 g/mol. The number of hydrogen-bond donors (Lipinski definition) is 0. The highest BCUT2D eigenvalue weighted by atomic mass is 16.5. The summed E-state index contributed by atoms with van der Waals surface area (Å²) in [6, 6.07) is 8.03. The minimum Gasteiger partial charge on any atom is -0.482 e. The van der Waals surface area contributed by atoms with Gasteiger partial charge in [-0.3, -0.25) is 4.79 Å². The molecule has 0 radical (unpaired) electrons. The topological polar surface area (TPSA) is 26.3 Å². The molecule has 3 rings (SSSR count). The zero-order chi connectivity index (χ0) is 13.2. The molecule has 1 saturated carbocycles. The average Bonchev–Trinajstić information content (AvgIpc) is 2.90. The molecular weight excluding hydrogens is 236 g/mol. The molecule has 3 unspecified atom stereocenters. The van der Waals surface area contributed by atoms with E-state index < -0.39 is 0 Å². The smallest absolute Gasteiger partial charge is 0.176 e. The third-order valence-electron chi connectivity index (χ3n) is 4.73. The minimum atomic E-state index is -0.224. The summed E-state index contributed by atoms with van der Waals surface area (Å²) in [5.74, 6) is 2.22. The van der Waals surface area contributed by atoms with Crippen molar-refractivity contribution in [3.05, 3.63) is 29.8 Å². The Morgan fingerprint density at radius 1 is 1.32 bits per heavy atom. The molecule has 0 aromatic heterocycles. The molecule has 1 aliphatic carbocycles. The van der Waals surface area contributed by atoms with Crippen LogP contribution >= 0.6 is 0 Å². The molecule has 0 N–H and O–H groups in total. The predicted octanol–water partition coefficient (Wildman–Crippen LogP) is 3.78. The molecule has 19 heavy (non-hydrogen) atoms. The number of carbonyl (C=O) groups is 1. The van der Waals surface area contributed by atoms with E-state index in [1.807, 2.05) is 18.2 Å². The lowest BCUT2D eigenvalue weighted by molar-refractivity contribution is -0.130. The van der Waals surface area contributed by atoms with Crippen LogP contribution < -0.4 is 4.74 Å². The SMILES string of the molecule is CCC1CCCC(C(=O)C2Cc3ccccc3O2)C1. The van der Waals surface area contributed by atoms with Crippen molar-refractivity contribution in [2.24, 2.45) is 11.8 Å². The van der Waals surface area contributed by atoms with Crippen LogP contribution in [0.5, 0.6) is 5.75 Å². The second kappa shape index (κ2) is 5.36. The Balaban J connectivity index is 1.66. The first-order chi connectivity index (χ1) is 9.28. The van der Waals surface area contributed by atoms with Gasteiger partial charge in [0.1, 0.15) is 5.75 Å². The van der Waals surface area contributed by atoms with Gasteiger partial charge in [-0.15, -0.1) is 0 Å². The van der Waals surface area contributed by atoms with Crippen molar-refractivity contribution in [2.75, 3.05) is 0 Å². The van der Waals surface area contributed by atoms with Gasteiger partial charge in [0, 0.05) is 12.3 Å². The van der Waals surface area contributed by atoms with E-state index in [1.54, 1.807) is 0 Å². The Kier molecular flexibility index (Phi) is 3.58. The molecule has 2 nitrogen and oxygen atoms in total. The highest BCUT2D eigenvalue weighted by molar-refractivity contribution is 5.87. The van der Waals surface area contributed by atoms with Crippen LogP contribution in [0.2, 0.25) is 0 Å². The predicted molar refractivity (Wildman–Crippen MR) is 75.3 cm³/mol. The second-order valence-electron chi connectivity index (χ2n) is 5.96. The summed E-state index contributed by atoms with van der Waals surface area (Å²) in [6.45, 7) is 2.24. The largest absolute Gasteiger partial charge is 0.482 e. The van der Waals surface area contributed by atoms with Gasteiger partial charge in [-0.1, -0.05) is 44.4 Å². The summed E-state index contributed by atoms with van der Waals surface area (Å²) in [5, 5.41) is 0. The van der Waals surface area contributed by atoms with Gasteiger partial charge in [0.15, 0.2) is 11.9 Å². The zero-order valence-electron chi connectivity index (χ0n) is 11.6. The Morgan fingerprint density at radius 2 is 2.16 bits per heavy atom. The number of rotatable bonds is 3. The van der Waals surface area contributed by atoms with Crippen LogP contribution in [0.3, 0.4) is 0 Å². The molecule has 0 spiro atoms. The zero-order valence-corrected chi connectivity index (χ0v) is 11.6. The van der Waals surface area contributed by atoms with Crippen LogP contribution in [-0.2, 0) is 11.2 Å². The molecule has 1 aromatic carbocycles. The van der Waals surface area contributed by atoms with Gasteiger partial charge < -0.3 is 4.74 Å². The molecule has 1 aliphatic heterocycles. The van der Waals surface area contributed by atoms with Crippen molar-refractivity contribution in [1.82, 2.24) is 0 Å². The van der Waals surface area contributed by atoms with Gasteiger partial charge in [-0.05, 0) is 30.4 Å². The molecule has 0 amide bonds. The fourth-order valence-corrected chi connectivity index (χ4v) is 3.52. The lowest BCUT2D eigenvalue weighted by atomic mass is 9.77. The van der Waals surface area contributed by atoms with Gasteiger partial charge in [0.05, 0.1) is 0 Å². The second-order valence-corrected chi connectivity index (χ2v) is 5.96. The van der Waals surface area contributed by atoms with Crippen molar-refractivity contribution >= 4 is 5.78 Å². The monoisotopic (exact) mass is 258 g/mol. The molecule has 1 heterocycles. The lowest BCUT2D eigenvalue weighted by Crippen LogP contribution is -2.34. The van der Waals surface area contributed by atoms with Crippen molar-refractivity contribution in [1.29, 1.82) is 0 Å².